The Hall–Kier alpha value is -2.12. The van der Waals surface area contributed by atoms with Crippen molar-refractivity contribution in [3.8, 4) is 0 Å². The molecule has 0 aliphatic carbocycles. The van der Waals surface area contributed by atoms with Crippen LogP contribution < -0.4 is 10.0 Å². The summed E-state index contributed by atoms with van der Waals surface area (Å²) in [4.78, 5) is 10.5. The molecule has 2 aromatic rings. The van der Waals surface area contributed by atoms with E-state index in [9.17, 15) is 17.6 Å². The maximum Gasteiger partial charge on any atom is 0.264 e. The minimum atomic E-state index is -4.16. The number of nitrogens with one attached hydrogen (secondary N) is 2. The summed E-state index contributed by atoms with van der Waals surface area (Å²) < 4.78 is 41.0. The highest BCUT2D eigenvalue weighted by Gasteiger charge is 2.21. The fraction of sp³-hybridized carbons (Fsp3) is 0.133. The number of carbonyl (C=O) groups is 1. The summed E-state index contributed by atoms with van der Waals surface area (Å²) in [5, 5.41) is 2.27. The van der Waals surface area contributed by atoms with E-state index in [4.69, 9.17) is 11.6 Å². The van der Waals surface area contributed by atoms with Gasteiger partial charge in [-0.05, 0) is 36.8 Å². The summed E-state index contributed by atoms with van der Waals surface area (Å²) >= 11 is 5.62. The van der Waals surface area contributed by atoms with Gasteiger partial charge >= 0.3 is 0 Å². The average Bonchev–Trinajstić information content (AvgIpc) is 2.44. The van der Waals surface area contributed by atoms with Gasteiger partial charge < -0.3 is 5.32 Å². The summed E-state index contributed by atoms with van der Waals surface area (Å²) in [6, 6.07) is 8.46. The van der Waals surface area contributed by atoms with Gasteiger partial charge in [-0.2, -0.15) is 0 Å². The topological polar surface area (TPSA) is 75.3 Å². The van der Waals surface area contributed by atoms with Crippen LogP contribution in [0.3, 0.4) is 0 Å². The van der Waals surface area contributed by atoms with E-state index >= 15 is 0 Å². The highest BCUT2D eigenvalue weighted by Crippen LogP contribution is 2.26. The largest absolute Gasteiger partial charge is 0.326 e. The molecule has 0 aliphatic heterocycles. The molecule has 0 bridgehead atoms. The Balaban J connectivity index is 2.41. The number of hydrogen-bond acceptors (Lipinski definition) is 3. The maximum atomic E-state index is 13.9. The predicted octanol–water partition coefficient (Wildman–Crippen LogP) is 3.55. The fourth-order valence-corrected chi connectivity index (χ4v) is 3.36. The molecule has 0 saturated carbocycles. The van der Waals surface area contributed by atoms with E-state index in [1.807, 2.05) is 0 Å². The Kier molecular flexibility index (Phi) is 4.91. The number of amides is 1. The number of rotatable bonds is 4. The fourth-order valence-electron chi connectivity index (χ4n) is 1.90. The van der Waals surface area contributed by atoms with Crippen molar-refractivity contribution in [3.05, 3.63) is 52.8 Å². The second-order valence-electron chi connectivity index (χ2n) is 4.87. The Morgan fingerprint density at radius 3 is 2.57 bits per heavy atom. The first-order valence-electron chi connectivity index (χ1n) is 6.56. The zero-order valence-electron chi connectivity index (χ0n) is 12.4. The van der Waals surface area contributed by atoms with Crippen molar-refractivity contribution in [1.82, 2.24) is 0 Å². The SMILES string of the molecule is CC(=O)Nc1ccc(C)c(NS(=O)(=O)c2cccc(Cl)c2F)c1. The molecule has 122 valence electrons. The minimum absolute atomic E-state index is 0.232. The van der Waals surface area contributed by atoms with Crippen LogP contribution >= 0.6 is 11.6 Å². The Morgan fingerprint density at radius 1 is 1.22 bits per heavy atom. The third-order valence-corrected chi connectivity index (χ3v) is 4.68. The van der Waals surface area contributed by atoms with Crippen LogP contribution in [0, 0.1) is 12.7 Å². The molecule has 8 heteroatoms. The summed E-state index contributed by atoms with van der Waals surface area (Å²) in [5.41, 5.74) is 1.27. The third kappa shape index (κ3) is 4.00. The standard InChI is InChI=1S/C15H14ClFN2O3S/c1-9-6-7-11(18-10(2)20)8-13(9)19-23(21,22)14-5-3-4-12(16)15(14)17/h3-8,19H,1-2H3,(H,18,20). The number of halogens is 2. The first-order chi connectivity index (χ1) is 10.7. The van der Waals surface area contributed by atoms with Crippen molar-refractivity contribution in [1.29, 1.82) is 0 Å². The number of hydrogen-bond donors (Lipinski definition) is 2. The molecular weight excluding hydrogens is 343 g/mol. The predicted molar refractivity (Wildman–Crippen MR) is 87.7 cm³/mol. The molecule has 2 aromatic carbocycles. The molecule has 0 spiro atoms. The number of anilines is 2. The minimum Gasteiger partial charge on any atom is -0.326 e. The van der Waals surface area contributed by atoms with E-state index in [1.165, 1.54) is 25.1 Å². The van der Waals surface area contributed by atoms with Crippen LogP contribution in [-0.2, 0) is 14.8 Å². The molecule has 0 fully saturated rings. The van der Waals surface area contributed by atoms with Gasteiger partial charge in [-0.25, -0.2) is 12.8 Å². The van der Waals surface area contributed by atoms with Crippen molar-refractivity contribution < 1.29 is 17.6 Å². The third-order valence-electron chi connectivity index (χ3n) is 3.01. The summed E-state index contributed by atoms with van der Waals surface area (Å²) in [6.07, 6.45) is 0. The highest BCUT2D eigenvalue weighted by molar-refractivity contribution is 7.92. The molecule has 0 atom stereocenters. The van der Waals surface area contributed by atoms with Gasteiger partial charge in [0.15, 0.2) is 5.82 Å². The summed E-state index contributed by atoms with van der Waals surface area (Å²) in [5.74, 6) is -1.30. The molecule has 0 unspecified atom stereocenters. The molecule has 0 aliphatic rings. The zero-order valence-corrected chi connectivity index (χ0v) is 13.9. The molecule has 1 amide bonds. The van der Waals surface area contributed by atoms with Crippen LogP contribution in [0.4, 0.5) is 15.8 Å². The van der Waals surface area contributed by atoms with Gasteiger partial charge in [0, 0.05) is 12.6 Å². The van der Waals surface area contributed by atoms with Crippen molar-refractivity contribution in [2.45, 2.75) is 18.7 Å². The van der Waals surface area contributed by atoms with E-state index in [-0.39, 0.29) is 16.6 Å². The summed E-state index contributed by atoms with van der Waals surface area (Å²) in [6.45, 7) is 3.02. The molecule has 2 N–H and O–H groups in total. The zero-order chi connectivity index (χ0) is 17.2. The van der Waals surface area contributed by atoms with E-state index in [2.05, 4.69) is 10.0 Å². The van der Waals surface area contributed by atoms with Crippen LogP contribution in [0.25, 0.3) is 0 Å². The molecule has 0 aromatic heterocycles. The van der Waals surface area contributed by atoms with E-state index in [0.29, 0.717) is 11.3 Å². The molecule has 0 radical (unpaired) electrons. The van der Waals surface area contributed by atoms with Gasteiger partial charge in [0.2, 0.25) is 5.91 Å². The molecular formula is C15H14ClFN2O3S. The lowest BCUT2D eigenvalue weighted by atomic mass is 10.2. The van der Waals surface area contributed by atoms with Gasteiger partial charge in [-0.15, -0.1) is 0 Å². The van der Waals surface area contributed by atoms with Gasteiger partial charge in [-0.1, -0.05) is 23.7 Å². The smallest absolute Gasteiger partial charge is 0.264 e. The molecule has 2 rings (SSSR count). The molecule has 23 heavy (non-hydrogen) atoms. The second-order valence-corrected chi connectivity index (χ2v) is 6.93. The second kappa shape index (κ2) is 6.55. The van der Waals surface area contributed by atoms with Crippen LogP contribution in [-0.4, -0.2) is 14.3 Å². The number of sulfonamides is 1. The Morgan fingerprint density at radius 2 is 1.91 bits per heavy atom. The Bertz CT molecular complexity index is 869. The average molecular weight is 357 g/mol. The first-order valence-corrected chi connectivity index (χ1v) is 8.42. The van der Waals surface area contributed by atoms with Crippen molar-refractivity contribution in [3.63, 3.8) is 0 Å². The van der Waals surface area contributed by atoms with Crippen LogP contribution in [0.5, 0.6) is 0 Å². The quantitative estimate of drug-likeness (QED) is 0.879. The van der Waals surface area contributed by atoms with Crippen LogP contribution in [0.15, 0.2) is 41.3 Å². The van der Waals surface area contributed by atoms with E-state index in [1.54, 1.807) is 19.1 Å². The molecule has 0 saturated heterocycles. The van der Waals surface area contributed by atoms with E-state index < -0.39 is 20.7 Å². The normalized spacial score (nSPS) is 11.1. The monoisotopic (exact) mass is 356 g/mol. The Labute approximate surface area is 138 Å². The van der Waals surface area contributed by atoms with Crippen molar-refractivity contribution >= 4 is 38.9 Å². The van der Waals surface area contributed by atoms with Crippen LogP contribution in [0.2, 0.25) is 5.02 Å². The molecule has 0 heterocycles. The molecule has 5 nitrogen and oxygen atoms in total. The van der Waals surface area contributed by atoms with Crippen molar-refractivity contribution in [2.24, 2.45) is 0 Å². The highest BCUT2D eigenvalue weighted by atomic mass is 35.5. The van der Waals surface area contributed by atoms with Gasteiger partial charge in [0.1, 0.15) is 4.90 Å². The lowest BCUT2D eigenvalue weighted by molar-refractivity contribution is -0.114. The maximum absolute atomic E-state index is 13.9. The number of aryl methyl sites for hydroxylation is 1. The lowest BCUT2D eigenvalue weighted by Crippen LogP contribution is -2.16. The van der Waals surface area contributed by atoms with Gasteiger partial charge in [0.25, 0.3) is 10.0 Å². The van der Waals surface area contributed by atoms with E-state index in [0.717, 1.165) is 6.07 Å². The lowest BCUT2D eigenvalue weighted by Gasteiger charge is -2.13. The van der Waals surface area contributed by atoms with Crippen molar-refractivity contribution in [2.75, 3.05) is 10.0 Å². The number of carbonyl (C=O) groups excluding carboxylic acids is 1. The van der Waals surface area contributed by atoms with Gasteiger partial charge in [0.05, 0.1) is 10.7 Å². The first kappa shape index (κ1) is 17.2. The van der Waals surface area contributed by atoms with Gasteiger partial charge in [-0.3, -0.25) is 9.52 Å². The number of benzene rings is 2. The summed E-state index contributed by atoms with van der Waals surface area (Å²) in [7, 11) is -4.16. The van der Waals surface area contributed by atoms with Crippen LogP contribution in [0.1, 0.15) is 12.5 Å².